The number of fused-ring (bicyclic) bond motifs is 1. The van der Waals surface area contributed by atoms with Gasteiger partial charge in [0.1, 0.15) is 11.3 Å². The van der Waals surface area contributed by atoms with Crippen molar-refractivity contribution in [2.45, 2.75) is 13.0 Å². The van der Waals surface area contributed by atoms with Crippen molar-refractivity contribution in [1.82, 2.24) is 15.0 Å². The molecule has 4 heteroatoms. The van der Waals surface area contributed by atoms with Gasteiger partial charge in [0.25, 0.3) is 0 Å². The molecule has 0 N–H and O–H groups in total. The van der Waals surface area contributed by atoms with Crippen LogP contribution in [0.4, 0.5) is 0 Å². The summed E-state index contributed by atoms with van der Waals surface area (Å²) in [7, 11) is 1.67. The van der Waals surface area contributed by atoms with Crippen LogP contribution in [-0.2, 0) is 0 Å². The molecule has 96 valence electrons. The van der Waals surface area contributed by atoms with Crippen LogP contribution in [0.2, 0.25) is 0 Å². The lowest BCUT2D eigenvalue weighted by Crippen LogP contribution is -2.08. The molecule has 0 aliphatic rings. The second-order valence-corrected chi connectivity index (χ2v) is 4.47. The van der Waals surface area contributed by atoms with Crippen LogP contribution in [0.25, 0.3) is 11.0 Å². The van der Waals surface area contributed by atoms with Gasteiger partial charge >= 0.3 is 0 Å². The molecule has 0 radical (unpaired) electrons. The van der Waals surface area contributed by atoms with Crippen LogP contribution < -0.4 is 4.74 Å². The third-order valence-corrected chi connectivity index (χ3v) is 3.34. The number of ether oxygens (including phenoxy) is 1. The third kappa shape index (κ3) is 2.05. The largest absolute Gasteiger partial charge is 0.497 e. The van der Waals surface area contributed by atoms with Crippen LogP contribution in [0.1, 0.15) is 18.5 Å². The van der Waals surface area contributed by atoms with Gasteiger partial charge in [0.05, 0.1) is 18.7 Å². The molecule has 3 aromatic rings. The predicted molar refractivity (Wildman–Crippen MR) is 74.3 cm³/mol. The first-order chi connectivity index (χ1) is 9.29. The van der Waals surface area contributed by atoms with Gasteiger partial charge in [-0.15, -0.1) is 5.10 Å². The van der Waals surface area contributed by atoms with E-state index < -0.39 is 0 Å². The zero-order valence-electron chi connectivity index (χ0n) is 10.9. The first kappa shape index (κ1) is 11.7. The second kappa shape index (κ2) is 4.72. The SMILES string of the molecule is COc1ccc(C(C)n2nnc3ccccc32)cc1. The molecule has 1 atom stereocenters. The molecule has 0 spiro atoms. The van der Waals surface area contributed by atoms with Crippen LogP contribution in [-0.4, -0.2) is 22.1 Å². The highest BCUT2D eigenvalue weighted by molar-refractivity contribution is 5.74. The number of hydrogen-bond donors (Lipinski definition) is 0. The van der Waals surface area contributed by atoms with Crippen LogP contribution >= 0.6 is 0 Å². The van der Waals surface area contributed by atoms with E-state index in [1.807, 2.05) is 41.1 Å². The molecule has 1 unspecified atom stereocenters. The first-order valence-corrected chi connectivity index (χ1v) is 6.23. The van der Waals surface area contributed by atoms with E-state index >= 15 is 0 Å². The molecule has 19 heavy (non-hydrogen) atoms. The number of methoxy groups -OCH3 is 1. The van der Waals surface area contributed by atoms with Gasteiger partial charge < -0.3 is 4.74 Å². The maximum Gasteiger partial charge on any atom is 0.118 e. The van der Waals surface area contributed by atoms with E-state index in [4.69, 9.17) is 4.74 Å². The fourth-order valence-electron chi connectivity index (χ4n) is 2.20. The van der Waals surface area contributed by atoms with E-state index in [-0.39, 0.29) is 6.04 Å². The summed E-state index contributed by atoms with van der Waals surface area (Å²) in [4.78, 5) is 0. The molecule has 0 saturated heterocycles. The topological polar surface area (TPSA) is 39.9 Å². The monoisotopic (exact) mass is 253 g/mol. The zero-order valence-corrected chi connectivity index (χ0v) is 10.9. The van der Waals surface area contributed by atoms with Gasteiger partial charge in [0, 0.05) is 0 Å². The molecule has 0 fully saturated rings. The quantitative estimate of drug-likeness (QED) is 0.720. The Labute approximate surface area is 111 Å². The van der Waals surface area contributed by atoms with Gasteiger partial charge in [-0.3, -0.25) is 0 Å². The Morgan fingerprint density at radius 1 is 1.05 bits per heavy atom. The molecular formula is C15H15N3O. The molecule has 0 saturated carbocycles. The van der Waals surface area contributed by atoms with E-state index in [2.05, 4.69) is 29.4 Å². The standard InChI is InChI=1S/C15H15N3O/c1-11(12-7-9-13(19-2)10-8-12)18-15-6-4-3-5-14(15)16-17-18/h3-11H,1-2H3. The molecule has 1 aromatic heterocycles. The lowest BCUT2D eigenvalue weighted by atomic mass is 10.1. The summed E-state index contributed by atoms with van der Waals surface area (Å²) in [5.74, 6) is 0.861. The van der Waals surface area contributed by atoms with Gasteiger partial charge in [-0.25, -0.2) is 4.68 Å². The van der Waals surface area contributed by atoms with Crippen molar-refractivity contribution in [2.24, 2.45) is 0 Å². The Balaban J connectivity index is 2.00. The Bertz CT molecular complexity index is 688. The summed E-state index contributed by atoms with van der Waals surface area (Å²) >= 11 is 0. The maximum absolute atomic E-state index is 5.18. The van der Waals surface area contributed by atoms with Gasteiger partial charge in [0.15, 0.2) is 0 Å². The Morgan fingerprint density at radius 2 is 1.79 bits per heavy atom. The number of hydrogen-bond acceptors (Lipinski definition) is 3. The highest BCUT2D eigenvalue weighted by atomic mass is 16.5. The van der Waals surface area contributed by atoms with E-state index in [0.717, 1.165) is 16.8 Å². The number of para-hydroxylation sites is 1. The van der Waals surface area contributed by atoms with Gasteiger partial charge in [-0.05, 0) is 36.8 Å². The number of benzene rings is 2. The van der Waals surface area contributed by atoms with Gasteiger partial charge in [-0.1, -0.05) is 29.5 Å². The molecular weight excluding hydrogens is 238 g/mol. The summed E-state index contributed by atoms with van der Waals surface area (Å²) in [6.45, 7) is 2.11. The number of nitrogens with zero attached hydrogens (tertiary/aromatic N) is 3. The Hall–Kier alpha value is -2.36. The first-order valence-electron chi connectivity index (χ1n) is 6.23. The van der Waals surface area contributed by atoms with Crippen LogP contribution in [0.3, 0.4) is 0 Å². The van der Waals surface area contributed by atoms with Crippen molar-refractivity contribution < 1.29 is 4.74 Å². The predicted octanol–water partition coefficient (Wildman–Crippen LogP) is 3.05. The summed E-state index contributed by atoms with van der Waals surface area (Å²) in [6.07, 6.45) is 0. The zero-order chi connectivity index (χ0) is 13.2. The normalized spacial score (nSPS) is 12.5. The van der Waals surface area contributed by atoms with Crippen molar-refractivity contribution in [3.05, 3.63) is 54.1 Å². The molecule has 0 aliphatic carbocycles. The highest BCUT2D eigenvalue weighted by Crippen LogP contribution is 2.23. The summed E-state index contributed by atoms with van der Waals surface area (Å²) in [5.41, 5.74) is 3.14. The van der Waals surface area contributed by atoms with Crippen LogP contribution in [0.15, 0.2) is 48.5 Å². The van der Waals surface area contributed by atoms with E-state index in [1.54, 1.807) is 7.11 Å². The average molecular weight is 253 g/mol. The third-order valence-electron chi connectivity index (χ3n) is 3.34. The van der Waals surface area contributed by atoms with Crippen molar-refractivity contribution in [1.29, 1.82) is 0 Å². The highest BCUT2D eigenvalue weighted by Gasteiger charge is 2.12. The molecule has 1 heterocycles. The Kier molecular flexibility index (Phi) is 2.91. The molecule has 0 amide bonds. The molecule has 4 nitrogen and oxygen atoms in total. The fourth-order valence-corrected chi connectivity index (χ4v) is 2.20. The van der Waals surface area contributed by atoms with Crippen LogP contribution in [0, 0.1) is 0 Å². The Morgan fingerprint density at radius 3 is 2.53 bits per heavy atom. The number of aromatic nitrogens is 3. The lowest BCUT2D eigenvalue weighted by molar-refractivity contribution is 0.414. The van der Waals surface area contributed by atoms with Crippen molar-refractivity contribution in [3.63, 3.8) is 0 Å². The fraction of sp³-hybridized carbons (Fsp3) is 0.200. The van der Waals surface area contributed by atoms with E-state index in [0.29, 0.717) is 0 Å². The summed E-state index contributed by atoms with van der Waals surface area (Å²) in [6, 6.07) is 16.2. The average Bonchev–Trinajstić information content (AvgIpc) is 2.90. The van der Waals surface area contributed by atoms with E-state index in [9.17, 15) is 0 Å². The second-order valence-electron chi connectivity index (χ2n) is 4.47. The lowest BCUT2D eigenvalue weighted by Gasteiger charge is -2.13. The minimum Gasteiger partial charge on any atom is -0.497 e. The molecule has 0 bridgehead atoms. The molecule has 3 rings (SSSR count). The van der Waals surface area contributed by atoms with Crippen molar-refractivity contribution >= 4 is 11.0 Å². The smallest absolute Gasteiger partial charge is 0.118 e. The minimum atomic E-state index is 0.137. The van der Waals surface area contributed by atoms with Crippen LogP contribution in [0.5, 0.6) is 5.75 Å². The molecule has 0 aliphatic heterocycles. The van der Waals surface area contributed by atoms with Gasteiger partial charge in [0.2, 0.25) is 0 Å². The summed E-state index contributed by atoms with van der Waals surface area (Å²) in [5, 5.41) is 8.44. The molecule has 2 aromatic carbocycles. The van der Waals surface area contributed by atoms with Crippen molar-refractivity contribution in [2.75, 3.05) is 7.11 Å². The van der Waals surface area contributed by atoms with Crippen molar-refractivity contribution in [3.8, 4) is 5.75 Å². The number of rotatable bonds is 3. The minimum absolute atomic E-state index is 0.137. The van der Waals surface area contributed by atoms with Gasteiger partial charge in [-0.2, -0.15) is 0 Å². The van der Waals surface area contributed by atoms with E-state index in [1.165, 1.54) is 5.56 Å². The summed E-state index contributed by atoms with van der Waals surface area (Å²) < 4.78 is 7.12. The maximum atomic E-state index is 5.18.